The summed E-state index contributed by atoms with van der Waals surface area (Å²) >= 11 is 0. The Morgan fingerprint density at radius 3 is 2.33 bits per heavy atom. The van der Waals surface area contributed by atoms with Gasteiger partial charge in [-0.25, -0.2) is 0 Å². The topological polar surface area (TPSA) is 36.1 Å². The largest absolute Gasteiger partial charge is 0.389 e. The Morgan fingerprint density at radius 2 is 1.70 bits per heavy atom. The number of para-hydroxylation sites is 1. The molecule has 0 unspecified atom stereocenters. The lowest BCUT2D eigenvalue weighted by Crippen LogP contribution is -2.32. The first kappa shape index (κ1) is 21.9. The minimum atomic E-state index is -4.23. The van der Waals surface area contributed by atoms with Crippen LogP contribution in [0.2, 0.25) is 0 Å². The Hall–Kier alpha value is -2.76. The predicted octanol–water partition coefficient (Wildman–Crippen LogP) is 6.45. The van der Waals surface area contributed by atoms with Crippen LogP contribution in [0.5, 0.6) is 0 Å². The number of alkyl halides is 3. The van der Waals surface area contributed by atoms with E-state index in [0.29, 0.717) is 11.1 Å². The van der Waals surface area contributed by atoms with Crippen molar-refractivity contribution < 1.29 is 18.0 Å². The van der Waals surface area contributed by atoms with Gasteiger partial charge in [-0.05, 0) is 35.1 Å². The molecule has 0 aliphatic heterocycles. The summed E-state index contributed by atoms with van der Waals surface area (Å²) < 4.78 is 38.0. The van der Waals surface area contributed by atoms with Crippen molar-refractivity contribution in [3.05, 3.63) is 71.4 Å². The number of hydrogen-bond donors (Lipinski definition) is 1. The van der Waals surface area contributed by atoms with Gasteiger partial charge in [-0.1, -0.05) is 57.2 Å². The Morgan fingerprint density at radius 1 is 1.00 bits per heavy atom. The molecule has 0 saturated carbocycles. The van der Waals surface area contributed by atoms with Crippen molar-refractivity contribution in [3.8, 4) is 0 Å². The highest BCUT2D eigenvalue weighted by Gasteiger charge is 2.27. The van der Waals surface area contributed by atoms with Gasteiger partial charge in [-0.15, -0.1) is 0 Å². The molecule has 3 rings (SSSR count). The zero-order chi connectivity index (χ0) is 21.9. The molecule has 0 atom stereocenters. The Labute approximate surface area is 174 Å². The van der Waals surface area contributed by atoms with Crippen LogP contribution in [-0.4, -0.2) is 28.5 Å². The molecule has 0 aliphatic carbocycles. The van der Waals surface area contributed by atoms with E-state index in [-0.39, 0.29) is 30.8 Å². The van der Waals surface area contributed by atoms with Crippen LogP contribution in [0.1, 0.15) is 55.1 Å². The second-order valence-electron chi connectivity index (χ2n) is 8.64. The maximum atomic E-state index is 13.3. The van der Waals surface area contributed by atoms with E-state index in [9.17, 15) is 18.0 Å². The van der Waals surface area contributed by atoms with Crippen LogP contribution in [0.3, 0.4) is 0 Å². The number of halogens is 3. The van der Waals surface area contributed by atoms with E-state index >= 15 is 0 Å². The molecule has 1 heterocycles. The lowest BCUT2D eigenvalue weighted by atomic mass is 9.87. The van der Waals surface area contributed by atoms with Crippen LogP contribution < -0.4 is 0 Å². The first-order chi connectivity index (χ1) is 14.0. The van der Waals surface area contributed by atoms with Crippen LogP contribution in [0.15, 0.2) is 54.7 Å². The van der Waals surface area contributed by atoms with E-state index in [1.165, 1.54) is 4.90 Å². The summed E-state index contributed by atoms with van der Waals surface area (Å²) in [5.74, 6) is -0.273. The van der Waals surface area contributed by atoms with Gasteiger partial charge in [-0.3, -0.25) is 4.79 Å². The van der Waals surface area contributed by atoms with Crippen LogP contribution in [0.25, 0.3) is 10.9 Å². The maximum absolute atomic E-state index is 13.3. The molecule has 0 radical (unpaired) electrons. The van der Waals surface area contributed by atoms with Crippen LogP contribution in [0.4, 0.5) is 13.2 Å². The minimum Gasteiger partial charge on any atom is -0.361 e. The number of fused-ring (bicyclic) bond motifs is 1. The SMILES string of the molecule is CC(C)(C)c1ccc(CN(CCCC(F)(F)F)C(=O)c2cccc3cc[nH]c23)cc1. The van der Waals surface area contributed by atoms with Gasteiger partial charge in [0.25, 0.3) is 5.91 Å². The highest BCUT2D eigenvalue weighted by Crippen LogP contribution is 2.25. The van der Waals surface area contributed by atoms with Crippen molar-refractivity contribution in [2.75, 3.05) is 6.54 Å². The molecule has 0 saturated heterocycles. The van der Waals surface area contributed by atoms with Gasteiger partial charge in [0.1, 0.15) is 0 Å². The van der Waals surface area contributed by atoms with Crippen molar-refractivity contribution in [2.45, 2.75) is 51.7 Å². The highest BCUT2D eigenvalue weighted by atomic mass is 19.4. The number of aromatic amines is 1. The molecule has 2 aromatic carbocycles. The summed E-state index contributed by atoms with van der Waals surface area (Å²) in [6.45, 7) is 6.65. The van der Waals surface area contributed by atoms with Crippen molar-refractivity contribution in [1.82, 2.24) is 9.88 Å². The molecule has 1 N–H and O–H groups in total. The number of carbonyl (C=O) groups is 1. The number of hydrogen-bond acceptors (Lipinski definition) is 1. The molecule has 160 valence electrons. The molecule has 0 spiro atoms. The first-order valence-electron chi connectivity index (χ1n) is 10.1. The molecular weight excluding hydrogens is 389 g/mol. The Kier molecular flexibility index (Phi) is 6.25. The average molecular weight is 416 g/mol. The van der Waals surface area contributed by atoms with Crippen LogP contribution in [0, 0.1) is 0 Å². The lowest BCUT2D eigenvalue weighted by molar-refractivity contribution is -0.136. The fraction of sp³-hybridized carbons (Fsp3) is 0.375. The average Bonchev–Trinajstić information content (AvgIpc) is 3.14. The fourth-order valence-electron chi connectivity index (χ4n) is 3.49. The van der Waals surface area contributed by atoms with E-state index in [1.54, 1.807) is 18.3 Å². The van der Waals surface area contributed by atoms with Crippen molar-refractivity contribution >= 4 is 16.8 Å². The van der Waals surface area contributed by atoms with Gasteiger partial charge in [0.05, 0.1) is 11.1 Å². The second kappa shape index (κ2) is 8.54. The number of amides is 1. The standard InChI is InChI=1S/C24H27F3N2O/c1-23(2,3)19-10-8-17(9-11-19)16-29(15-5-13-24(25,26)27)22(30)20-7-4-6-18-12-14-28-21(18)20/h4,6-12,14,28H,5,13,15-16H2,1-3H3. The fourth-order valence-corrected chi connectivity index (χ4v) is 3.49. The Bertz CT molecular complexity index is 998. The number of rotatable bonds is 6. The number of H-pyrrole nitrogens is 1. The predicted molar refractivity (Wildman–Crippen MR) is 113 cm³/mol. The van der Waals surface area contributed by atoms with E-state index in [2.05, 4.69) is 25.8 Å². The van der Waals surface area contributed by atoms with Gasteiger partial charge < -0.3 is 9.88 Å². The molecule has 30 heavy (non-hydrogen) atoms. The van der Waals surface area contributed by atoms with Crippen molar-refractivity contribution in [1.29, 1.82) is 0 Å². The third kappa shape index (κ3) is 5.43. The number of benzene rings is 2. The van der Waals surface area contributed by atoms with Gasteiger partial charge >= 0.3 is 6.18 Å². The zero-order valence-electron chi connectivity index (χ0n) is 17.5. The third-order valence-corrected chi connectivity index (χ3v) is 5.19. The highest BCUT2D eigenvalue weighted by molar-refractivity contribution is 6.05. The normalized spacial score (nSPS) is 12.3. The molecule has 3 nitrogen and oxygen atoms in total. The van der Waals surface area contributed by atoms with Crippen molar-refractivity contribution in [2.24, 2.45) is 0 Å². The summed E-state index contributed by atoms with van der Waals surface area (Å²) in [7, 11) is 0. The maximum Gasteiger partial charge on any atom is 0.389 e. The molecule has 1 amide bonds. The molecular formula is C24H27F3N2O. The lowest BCUT2D eigenvalue weighted by Gasteiger charge is -2.24. The summed E-state index contributed by atoms with van der Waals surface area (Å²) in [4.78, 5) is 17.8. The van der Waals surface area contributed by atoms with Gasteiger partial charge in [-0.2, -0.15) is 13.2 Å². The smallest absolute Gasteiger partial charge is 0.361 e. The molecule has 3 aromatic rings. The molecule has 1 aromatic heterocycles. The van der Waals surface area contributed by atoms with Gasteiger partial charge in [0.15, 0.2) is 0 Å². The van der Waals surface area contributed by atoms with Crippen molar-refractivity contribution in [3.63, 3.8) is 0 Å². The summed E-state index contributed by atoms with van der Waals surface area (Å²) in [6, 6.07) is 15.2. The van der Waals surface area contributed by atoms with E-state index in [4.69, 9.17) is 0 Å². The zero-order valence-corrected chi connectivity index (χ0v) is 17.5. The summed E-state index contributed by atoms with van der Waals surface area (Å²) in [5.41, 5.74) is 3.23. The van der Waals surface area contributed by atoms with Gasteiger partial charge in [0, 0.05) is 31.1 Å². The number of aromatic nitrogens is 1. The second-order valence-corrected chi connectivity index (χ2v) is 8.64. The quantitative estimate of drug-likeness (QED) is 0.492. The summed E-state index contributed by atoms with van der Waals surface area (Å²) in [5, 5.41) is 0.894. The van der Waals surface area contributed by atoms with E-state index < -0.39 is 12.6 Å². The number of carbonyl (C=O) groups excluding carboxylic acids is 1. The van der Waals surface area contributed by atoms with Crippen LogP contribution >= 0.6 is 0 Å². The number of nitrogens with zero attached hydrogens (tertiary/aromatic N) is 1. The van der Waals surface area contributed by atoms with Crippen LogP contribution in [-0.2, 0) is 12.0 Å². The molecule has 6 heteroatoms. The number of nitrogens with one attached hydrogen (secondary N) is 1. The first-order valence-corrected chi connectivity index (χ1v) is 10.1. The molecule has 0 bridgehead atoms. The molecule has 0 fully saturated rings. The molecule has 0 aliphatic rings. The third-order valence-electron chi connectivity index (χ3n) is 5.19. The van der Waals surface area contributed by atoms with E-state index in [1.807, 2.05) is 36.4 Å². The minimum absolute atomic E-state index is 0.00398. The monoisotopic (exact) mass is 416 g/mol. The Balaban J connectivity index is 1.84. The van der Waals surface area contributed by atoms with E-state index in [0.717, 1.165) is 16.5 Å². The van der Waals surface area contributed by atoms with Gasteiger partial charge in [0.2, 0.25) is 0 Å². The summed E-state index contributed by atoms with van der Waals surface area (Å²) in [6.07, 6.45) is -3.52.